The molecular formula is C21H32N4O2. The summed E-state index contributed by atoms with van der Waals surface area (Å²) in [6.07, 6.45) is 2.10. The predicted molar refractivity (Wildman–Crippen MR) is 108 cm³/mol. The average molecular weight is 373 g/mol. The van der Waals surface area contributed by atoms with Gasteiger partial charge in [0.1, 0.15) is 0 Å². The summed E-state index contributed by atoms with van der Waals surface area (Å²) in [4.78, 5) is 29.9. The number of nitrogens with one attached hydrogen (secondary N) is 1. The van der Waals surface area contributed by atoms with E-state index < -0.39 is 5.41 Å². The molecule has 0 aliphatic carbocycles. The summed E-state index contributed by atoms with van der Waals surface area (Å²) in [7, 11) is 0. The van der Waals surface area contributed by atoms with E-state index in [2.05, 4.69) is 19.2 Å². The summed E-state index contributed by atoms with van der Waals surface area (Å²) in [5.41, 5.74) is 7.57. The number of amides is 2. The molecule has 0 radical (unpaired) electrons. The van der Waals surface area contributed by atoms with Crippen molar-refractivity contribution in [3.05, 3.63) is 29.3 Å². The molecule has 6 nitrogen and oxygen atoms in total. The van der Waals surface area contributed by atoms with E-state index in [1.807, 2.05) is 36.9 Å². The van der Waals surface area contributed by atoms with E-state index in [0.29, 0.717) is 18.7 Å². The molecule has 1 fully saturated rings. The van der Waals surface area contributed by atoms with E-state index in [1.54, 1.807) is 4.90 Å². The highest BCUT2D eigenvalue weighted by molar-refractivity contribution is 6.09. The Balaban J connectivity index is 1.95. The Hall–Kier alpha value is -1.92. The maximum absolute atomic E-state index is 13.4. The Labute approximate surface area is 162 Å². The normalized spacial score (nSPS) is 21.5. The molecule has 0 aromatic heterocycles. The zero-order valence-electron chi connectivity index (χ0n) is 16.9. The van der Waals surface area contributed by atoms with Crippen LogP contribution in [0, 0.1) is 0 Å². The number of benzene rings is 1. The molecule has 6 heteroatoms. The first kappa shape index (κ1) is 19.8. The molecule has 3 N–H and O–H groups in total. The number of hydrogen-bond donors (Lipinski definition) is 2. The first-order valence-corrected chi connectivity index (χ1v) is 9.99. The number of nitrogens with two attached hydrogens (primary N) is 1. The van der Waals surface area contributed by atoms with Gasteiger partial charge in [-0.15, -0.1) is 0 Å². The van der Waals surface area contributed by atoms with Crippen molar-refractivity contribution in [1.82, 2.24) is 10.2 Å². The van der Waals surface area contributed by atoms with Crippen LogP contribution in [0.3, 0.4) is 0 Å². The van der Waals surface area contributed by atoms with Gasteiger partial charge >= 0.3 is 0 Å². The largest absolute Gasteiger partial charge is 0.332 e. The minimum atomic E-state index is -0.586. The van der Waals surface area contributed by atoms with Gasteiger partial charge in [-0.05, 0) is 64.8 Å². The molecule has 1 aromatic rings. The molecule has 3 rings (SSSR count). The third-order valence-electron chi connectivity index (χ3n) is 5.80. The van der Waals surface area contributed by atoms with Gasteiger partial charge in [0.05, 0.1) is 5.41 Å². The smallest absolute Gasteiger partial charge is 0.254 e. The summed E-state index contributed by atoms with van der Waals surface area (Å²) in [5.74, 6) is 0.0797. The maximum atomic E-state index is 13.4. The monoisotopic (exact) mass is 372 g/mol. The fraction of sp³-hybridized carbons (Fsp3) is 0.619. The van der Waals surface area contributed by atoms with Crippen molar-refractivity contribution in [2.24, 2.45) is 5.73 Å². The molecule has 1 atom stereocenters. The van der Waals surface area contributed by atoms with Gasteiger partial charge in [0.15, 0.2) is 0 Å². The van der Waals surface area contributed by atoms with Gasteiger partial charge in [0, 0.05) is 43.0 Å². The second-order valence-electron chi connectivity index (χ2n) is 8.41. The highest BCUT2D eigenvalue weighted by Crippen LogP contribution is 2.42. The fourth-order valence-electron chi connectivity index (χ4n) is 4.37. The van der Waals surface area contributed by atoms with Gasteiger partial charge in [0.25, 0.3) is 5.91 Å². The molecule has 0 bridgehead atoms. The second-order valence-corrected chi connectivity index (χ2v) is 8.41. The van der Waals surface area contributed by atoms with Crippen LogP contribution in [-0.4, -0.2) is 55.0 Å². The van der Waals surface area contributed by atoms with E-state index in [4.69, 9.17) is 5.73 Å². The summed E-state index contributed by atoms with van der Waals surface area (Å²) in [5, 5.41) is 3.40. The van der Waals surface area contributed by atoms with Gasteiger partial charge in [-0.1, -0.05) is 6.07 Å². The second kappa shape index (κ2) is 7.60. The topological polar surface area (TPSA) is 78.7 Å². The Morgan fingerprint density at radius 3 is 2.74 bits per heavy atom. The van der Waals surface area contributed by atoms with Gasteiger partial charge in [0.2, 0.25) is 5.91 Å². The molecule has 1 unspecified atom stereocenters. The van der Waals surface area contributed by atoms with Crippen LogP contribution in [-0.2, 0) is 10.2 Å². The zero-order valence-corrected chi connectivity index (χ0v) is 16.9. The third kappa shape index (κ3) is 3.48. The van der Waals surface area contributed by atoms with Gasteiger partial charge < -0.3 is 20.9 Å². The Morgan fingerprint density at radius 2 is 2.15 bits per heavy atom. The summed E-state index contributed by atoms with van der Waals surface area (Å²) in [6.45, 7) is 10.7. The van der Waals surface area contributed by atoms with Crippen molar-refractivity contribution in [1.29, 1.82) is 0 Å². The summed E-state index contributed by atoms with van der Waals surface area (Å²) < 4.78 is 0. The lowest BCUT2D eigenvalue weighted by atomic mass is 9.86. The van der Waals surface area contributed by atoms with Crippen LogP contribution >= 0.6 is 0 Å². The lowest BCUT2D eigenvalue weighted by Crippen LogP contribution is -2.51. The van der Waals surface area contributed by atoms with Crippen molar-refractivity contribution < 1.29 is 9.59 Å². The van der Waals surface area contributed by atoms with Crippen LogP contribution in [0.5, 0.6) is 0 Å². The summed E-state index contributed by atoms with van der Waals surface area (Å²) >= 11 is 0. The van der Waals surface area contributed by atoms with Crippen molar-refractivity contribution in [3.8, 4) is 0 Å². The van der Waals surface area contributed by atoms with E-state index in [9.17, 15) is 9.59 Å². The average Bonchev–Trinajstić information content (AvgIpc) is 2.83. The number of nitrogens with zero attached hydrogens (tertiary/aromatic N) is 2. The van der Waals surface area contributed by atoms with Crippen molar-refractivity contribution >= 4 is 17.5 Å². The number of carbonyl (C=O) groups excluding carboxylic acids is 2. The first-order chi connectivity index (χ1) is 12.8. The number of rotatable bonds is 5. The number of anilines is 1. The Bertz CT molecular complexity index is 723. The van der Waals surface area contributed by atoms with Gasteiger partial charge in [-0.2, -0.15) is 0 Å². The number of fused-ring (bicyclic) bond motifs is 1. The fourth-order valence-corrected chi connectivity index (χ4v) is 4.37. The quantitative estimate of drug-likeness (QED) is 0.827. The molecular weight excluding hydrogens is 340 g/mol. The molecule has 148 valence electrons. The minimum Gasteiger partial charge on any atom is -0.332 e. The standard InChI is InChI=1S/C21H32N4O2/c1-14(2)25(16-6-5-10-23-13-16)19(26)15-7-8-17-18(12-15)24(11-9-22)20(27)21(17,3)4/h7-8,12,14,16,23H,5-6,9-11,13,22H2,1-4H3. The molecule has 0 spiro atoms. The molecule has 2 aliphatic heterocycles. The van der Waals surface area contributed by atoms with Gasteiger partial charge in [-0.3, -0.25) is 9.59 Å². The Kier molecular flexibility index (Phi) is 5.58. The highest BCUT2D eigenvalue weighted by atomic mass is 16.2. The SMILES string of the molecule is CC(C)N(C(=O)c1ccc2c(c1)N(CCN)C(=O)C2(C)C)C1CCCNC1. The third-order valence-corrected chi connectivity index (χ3v) is 5.80. The minimum absolute atomic E-state index is 0.0337. The van der Waals surface area contributed by atoms with Crippen LogP contribution in [0.15, 0.2) is 18.2 Å². The molecule has 1 saturated heterocycles. The van der Waals surface area contributed by atoms with Crippen LogP contribution in [0.25, 0.3) is 0 Å². The molecule has 2 aliphatic rings. The number of carbonyl (C=O) groups is 2. The zero-order chi connectivity index (χ0) is 19.8. The molecule has 2 amide bonds. The molecule has 2 heterocycles. The van der Waals surface area contributed by atoms with Crippen LogP contribution in [0.4, 0.5) is 5.69 Å². The van der Waals surface area contributed by atoms with Crippen molar-refractivity contribution in [2.75, 3.05) is 31.1 Å². The highest BCUT2D eigenvalue weighted by Gasteiger charge is 2.44. The van der Waals surface area contributed by atoms with Crippen LogP contribution < -0.4 is 16.0 Å². The van der Waals surface area contributed by atoms with Crippen molar-refractivity contribution in [3.63, 3.8) is 0 Å². The van der Waals surface area contributed by atoms with E-state index >= 15 is 0 Å². The molecule has 27 heavy (non-hydrogen) atoms. The number of piperidine rings is 1. The molecule has 0 saturated carbocycles. The first-order valence-electron chi connectivity index (χ1n) is 9.99. The predicted octanol–water partition coefficient (Wildman–Crippen LogP) is 1.87. The maximum Gasteiger partial charge on any atom is 0.254 e. The lowest BCUT2D eigenvalue weighted by molar-refractivity contribution is -0.122. The molecule has 1 aromatic carbocycles. The van der Waals surface area contributed by atoms with E-state index in [0.717, 1.165) is 37.2 Å². The lowest BCUT2D eigenvalue weighted by Gasteiger charge is -2.37. The number of hydrogen-bond acceptors (Lipinski definition) is 4. The van der Waals surface area contributed by atoms with E-state index in [1.165, 1.54) is 0 Å². The van der Waals surface area contributed by atoms with E-state index in [-0.39, 0.29) is 23.9 Å². The van der Waals surface area contributed by atoms with Crippen LogP contribution in [0.1, 0.15) is 56.5 Å². The Morgan fingerprint density at radius 1 is 1.41 bits per heavy atom. The van der Waals surface area contributed by atoms with Crippen molar-refractivity contribution in [2.45, 2.75) is 58.0 Å². The summed E-state index contributed by atoms with van der Waals surface area (Å²) in [6, 6.07) is 6.01. The van der Waals surface area contributed by atoms with Gasteiger partial charge in [-0.25, -0.2) is 0 Å². The van der Waals surface area contributed by atoms with Crippen LogP contribution in [0.2, 0.25) is 0 Å².